The number of carbonyl (C=O) groups is 1. The molecular weight excluding hydrogens is 407 g/mol. The summed E-state index contributed by atoms with van der Waals surface area (Å²) in [6.45, 7) is -0.104. The van der Waals surface area contributed by atoms with Crippen molar-refractivity contribution in [3.63, 3.8) is 0 Å². The third-order valence-corrected chi connectivity index (χ3v) is 6.38. The van der Waals surface area contributed by atoms with Crippen molar-refractivity contribution < 1.29 is 17.6 Å². The summed E-state index contributed by atoms with van der Waals surface area (Å²) in [5, 5.41) is 3.14. The maximum Gasteiger partial charge on any atom is 0.261 e. The Labute approximate surface area is 166 Å². The van der Waals surface area contributed by atoms with E-state index in [1.807, 2.05) is 0 Å². The lowest BCUT2D eigenvalue weighted by atomic mass is 9.95. The van der Waals surface area contributed by atoms with Gasteiger partial charge in [0.25, 0.3) is 11.5 Å². The van der Waals surface area contributed by atoms with Gasteiger partial charge in [0.15, 0.2) is 0 Å². The smallest absolute Gasteiger partial charge is 0.261 e. The first-order valence-corrected chi connectivity index (χ1v) is 10.6. The molecule has 6 nitrogen and oxygen atoms in total. The number of amides is 1. The van der Waals surface area contributed by atoms with Crippen LogP contribution in [-0.2, 0) is 22.7 Å². The Morgan fingerprint density at radius 2 is 2.00 bits per heavy atom. The standard InChI is InChI=1S/C19H18ClFN2O4S/c20-15-11-13(21)6-7-17(15)28(26,27)9-3-8-22-18(24)14-10-12-4-1-2-5-16(12)23-19(14)25/h3,6-7,9-11H,1-2,4-5,8H2,(H,22,24)(H,23,25)/b9-3+. The van der Waals surface area contributed by atoms with Crippen LogP contribution >= 0.6 is 11.6 Å². The first-order valence-electron chi connectivity index (χ1n) is 8.68. The number of hydrogen-bond acceptors (Lipinski definition) is 4. The average Bonchev–Trinajstić information content (AvgIpc) is 2.64. The molecule has 148 valence electrons. The number of carbonyl (C=O) groups excluding carboxylic acids is 1. The molecule has 0 saturated heterocycles. The molecule has 0 saturated carbocycles. The molecule has 0 bridgehead atoms. The van der Waals surface area contributed by atoms with Crippen LogP contribution in [0.25, 0.3) is 0 Å². The zero-order valence-electron chi connectivity index (χ0n) is 14.8. The maximum atomic E-state index is 13.1. The van der Waals surface area contributed by atoms with Crippen molar-refractivity contribution in [3.8, 4) is 0 Å². The Bertz CT molecular complexity index is 1110. The van der Waals surface area contributed by atoms with E-state index < -0.39 is 27.1 Å². The summed E-state index contributed by atoms with van der Waals surface area (Å²) in [6, 6.07) is 4.58. The molecule has 0 aliphatic heterocycles. The van der Waals surface area contributed by atoms with Gasteiger partial charge in [-0.15, -0.1) is 0 Å². The van der Waals surface area contributed by atoms with E-state index in [0.29, 0.717) is 0 Å². The molecule has 1 aromatic heterocycles. The van der Waals surface area contributed by atoms with Crippen LogP contribution in [-0.4, -0.2) is 25.9 Å². The molecule has 0 radical (unpaired) electrons. The highest BCUT2D eigenvalue weighted by Gasteiger charge is 2.17. The van der Waals surface area contributed by atoms with Gasteiger partial charge in [0.1, 0.15) is 11.4 Å². The summed E-state index contributed by atoms with van der Waals surface area (Å²) in [4.78, 5) is 26.9. The van der Waals surface area contributed by atoms with Crippen molar-refractivity contribution in [2.45, 2.75) is 30.6 Å². The summed E-state index contributed by atoms with van der Waals surface area (Å²) >= 11 is 5.77. The topological polar surface area (TPSA) is 96.1 Å². The number of halogens is 2. The summed E-state index contributed by atoms with van der Waals surface area (Å²) < 4.78 is 37.5. The number of rotatable bonds is 5. The quantitative estimate of drug-likeness (QED) is 0.721. The van der Waals surface area contributed by atoms with Crippen LogP contribution in [0.3, 0.4) is 0 Å². The van der Waals surface area contributed by atoms with Crippen molar-refractivity contribution in [1.82, 2.24) is 10.3 Å². The molecule has 9 heteroatoms. The molecule has 1 aliphatic rings. The largest absolute Gasteiger partial charge is 0.348 e. The van der Waals surface area contributed by atoms with Gasteiger partial charge in [-0.2, -0.15) is 0 Å². The molecule has 0 spiro atoms. The summed E-state index contributed by atoms with van der Waals surface area (Å²) in [7, 11) is -3.89. The van der Waals surface area contributed by atoms with Crippen molar-refractivity contribution >= 4 is 27.3 Å². The van der Waals surface area contributed by atoms with Crippen LogP contribution in [0.2, 0.25) is 5.02 Å². The number of aromatic nitrogens is 1. The fourth-order valence-electron chi connectivity index (χ4n) is 3.04. The molecule has 28 heavy (non-hydrogen) atoms. The summed E-state index contributed by atoms with van der Waals surface area (Å²) in [5.74, 6) is -1.23. The second-order valence-electron chi connectivity index (χ2n) is 6.42. The van der Waals surface area contributed by atoms with Crippen LogP contribution in [0.15, 0.2) is 45.4 Å². The van der Waals surface area contributed by atoms with Crippen molar-refractivity contribution in [2.24, 2.45) is 0 Å². The van der Waals surface area contributed by atoms with E-state index in [-0.39, 0.29) is 22.0 Å². The lowest BCUT2D eigenvalue weighted by Crippen LogP contribution is -2.31. The summed E-state index contributed by atoms with van der Waals surface area (Å²) in [6.07, 6.45) is 4.83. The zero-order chi connectivity index (χ0) is 20.3. The van der Waals surface area contributed by atoms with E-state index >= 15 is 0 Å². The zero-order valence-corrected chi connectivity index (χ0v) is 16.4. The third-order valence-electron chi connectivity index (χ3n) is 4.44. The van der Waals surface area contributed by atoms with Gasteiger partial charge in [-0.1, -0.05) is 17.7 Å². The monoisotopic (exact) mass is 424 g/mol. The van der Waals surface area contributed by atoms with E-state index in [0.717, 1.165) is 60.5 Å². The highest BCUT2D eigenvalue weighted by Crippen LogP contribution is 2.23. The van der Waals surface area contributed by atoms with E-state index in [1.54, 1.807) is 6.07 Å². The van der Waals surface area contributed by atoms with Gasteiger partial charge in [-0.3, -0.25) is 9.59 Å². The van der Waals surface area contributed by atoms with Crippen molar-refractivity contribution in [2.75, 3.05) is 6.54 Å². The molecule has 1 heterocycles. The highest BCUT2D eigenvalue weighted by atomic mass is 35.5. The fraction of sp³-hybridized carbons (Fsp3) is 0.263. The lowest BCUT2D eigenvalue weighted by Gasteiger charge is -2.15. The lowest BCUT2D eigenvalue weighted by molar-refractivity contribution is 0.0956. The van der Waals surface area contributed by atoms with E-state index in [9.17, 15) is 22.4 Å². The van der Waals surface area contributed by atoms with Gasteiger partial charge < -0.3 is 10.3 Å². The molecule has 2 aromatic rings. The number of benzene rings is 1. The van der Waals surface area contributed by atoms with Gasteiger partial charge in [0.2, 0.25) is 9.84 Å². The number of fused-ring (bicyclic) bond motifs is 1. The molecular formula is C19H18ClFN2O4S. The minimum atomic E-state index is -3.89. The van der Waals surface area contributed by atoms with Crippen molar-refractivity contribution in [3.05, 3.63) is 73.8 Å². The van der Waals surface area contributed by atoms with Crippen LogP contribution in [0.5, 0.6) is 0 Å². The number of pyridine rings is 1. The average molecular weight is 425 g/mol. The second-order valence-corrected chi connectivity index (χ2v) is 8.63. The Kier molecular flexibility index (Phi) is 6.00. The number of aryl methyl sites for hydroxylation is 2. The first-order chi connectivity index (χ1) is 13.3. The maximum absolute atomic E-state index is 13.1. The Hall–Kier alpha value is -2.45. The minimum absolute atomic E-state index is 0.00140. The molecule has 2 N–H and O–H groups in total. The first kappa shape index (κ1) is 20.3. The van der Waals surface area contributed by atoms with Gasteiger partial charge in [-0.05, 0) is 55.5 Å². The number of hydrogen-bond donors (Lipinski definition) is 2. The number of H-pyrrole nitrogens is 1. The van der Waals surface area contributed by atoms with Crippen molar-refractivity contribution in [1.29, 1.82) is 0 Å². The Balaban J connectivity index is 1.67. The third kappa shape index (κ3) is 4.51. The molecule has 0 fully saturated rings. The van der Waals surface area contributed by atoms with Gasteiger partial charge in [0.05, 0.1) is 9.92 Å². The Morgan fingerprint density at radius 3 is 2.75 bits per heavy atom. The molecule has 1 aliphatic carbocycles. The highest BCUT2D eigenvalue weighted by molar-refractivity contribution is 7.94. The SMILES string of the molecule is O=C(NC/C=C/S(=O)(=O)c1ccc(F)cc1Cl)c1cc2c([nH]c1=O)CCCC2. The second kappa shape index (κ2) is 8.28. The van der Waals surface area contributed by atoms with E-state index in [2.05, 4.69) is 10.3 Å². The molecule has 3 rings (SSSR count). The normalized spacial score (nSPS) is 14.1. The molecule has 0 unspecified atom stereocenters. The van der Waals surface area contributed by atoms with Gasteiger partial charge in [-0.25, -0.2) is 12.8 Å². The van der Waals surface area contributed by atoms with Crippen LogP contribution in [0.4, 0.5) is 4.39 Å². The predicted molar refractivity (Wildman–Crippen MR) is 104 cm³/mol. The van der Waals surface area contributed by atoms with Gasteiger partial charge >= 0.3 is 0 Å². The number of aromatic amines is 1. The minimum Gasteiger partial charge on any atom is -0.348 e. The number of nitrogens with one attached hydrogen (secondary N) is 2. The molecule has 0 atom stereocenters. The molecule has 1 amide bonds. The molecule has 1 aromatic carbocycles. The fourth-order valence-corrected chi connectivity index (χ4v) is 4.62. The van der Waals surface area contributed by atoms with E-state index in [1.165, 1.54) is 6.08 Å². The number of sulfone groups is 1. The van der Waals surface area contributed by atoms with E-state index in [4.69, 9.17) is 11.6 Å². The summed E-state index contributed by atoms with van der Waals surface area (Å²) in [5.41, 5.74) is 1.36. The van der Waals surface area contributed by atoms with Crippen LogP contribution < -0.4 is 10.9 Å². The predicted octanol–water partition coefficient (Wildman–Crippen LogP) is 2.76. The van der Waals surface area contributed by atoms with Crippen LogP contribution in [0.1, 0.15) is 34.5 Å². The van der Waals surface area contributed by atoms with Crippen LogP contribution in [0, 0.1) is 5.82 Å². The van der Waals surface area contributed by atoms with Gasteiger partial charge in [0, 0.05) is 17.6 Å². The Morgan fingerprint density at radius 1 is 1.25 bits per heavy atom.